The standard InChI is InChI=1S/C42H24F3N3O2/c43-27-21-32(44)40(33(45)22-27)46-42(50)38-26(23-49)10-7-15-36(38)48-34-13-5-3-11-29(34)30-18-19-37-39(41(30)48)31-12-4-6-14-35(31)47(37)28-17-16-24-8-1-2-9-25(24)20-28/h1-23H,(H,46,50). The number of carbonyl (C=O) groups is 2. The summed E-state index contributed by atoms with van der Waals surface area (Å²) in [6.45, 7) is 0. The van der Waals surface area contributed by atoms with Gasteiger partial charge in [-0.25, -0.2) is 13.2 Å². The first-order chi connectivity index (χ1) is 24.4. The van der Waals surface area contributed by atoms with E-state index in [0.717, 1.165) is 60.1 Å². The summed E-state index contributed by atoms with van der Waals surface area (Å²) < 4.78 is 47.3. The Labute approximate surface area is 282 Å². The van der Waals surface area contributed by atoms with Crippen molar-refractivity contribution in [2.45, 2.75) is 0 Å². The summed E-state index contributed by atoms with van der Waals surface area (Å²) in [5.74, 6) is -4.60. The van der Waals surface area contributed by atoms with E-state index in [-0.39, 0.29) is 11.1 Å². The van der Waals surface area contributed by atoms with Crippen molar-refractivity contribution >= 4 is 72.3 Å². The first-order valence-corrected chi connectivity index (χ1v) is 15.9. The summed E-state index contributed by atoms with van der Waals surface area (Å²) in [7, 11) is 0. The molecule has 0 fully saturated rings. The Morgan fingerprint density at radius 2 is 1.28 bits per heavy atom. The Bertz CT molecular complexity index is 2860. The molecule has 9 rings (SSSR count). The van der Waals surface area contributed by atoms with Crippen molar-refractivity contribution in [3.63, 3.8) is 0 Å². The lowest BCUT2D eigenvalue weighted by atomic mass is 10.0. The molecule has 9 aromatic rings. The number of para-hydroxylation sites is 2. The number of halogens is 3. The molecule has 8 heteroatoms. The van der Waals surface area contributed by atoms with Crippen LogP contribution in [0.15, 0.2) is 133 Å². The van der Waals surface area contributed by atoms with Crippen LogP contribution in [0.4, 0.5) is 18.9 Å². The highest BCUT2D eigenvalue weighted by Gasteiger charge is 2.26. The fourth-order valence-corrected chi connectivity index (χ4v) is 7.28. The monoisotopic (exact) mass is 659 g/mol. The van der Waals surface area contributed by atoms with Gasteiger partial charge in [-0.05, 0) is 47.2 Å². The molecule has 0 unspecified atom stereocenters. The third-order valence-electron chi connectivity index (χ3n) is 9.38. The third kappa shape index (κ3) is 4.35. The Balaban J connectivity index is 1.38. The molecule has 240 valence electrons. The quantitative estimate of drug-likeness (QED) is 0.187. The number of hydrogen-bond donors (Lipinski definition) is 1. The number of anilines is 1. The van der Waals surface area contributed by atoms with Crippen LogP contribution in [0.5, 0.6) is 0 Å². The van der Waals surface area contributed by atoms with Crippen LogP contribution >= 0.6 is 0 Å². The summed E-state index contributed by atoms with van der Waals surface area (Å²) in [6.07, 6.45) is 0.533. The highest BCUT2D eigenvalue weighted by molar-refractivity contribution is 6.26. The molecule has 0 spiro atoms. The normalized spacial score (nSPS) is 11.7. The van der Waals surface area contributed by atoms with E-state index in [9.17, 15) is 22.8 Å². The number of carbonyl (C=O) groups excluding carboxylic acids is 2. The minimum atomic E-state index is -1.28. The van der Waals surface area contributed by atoms with Gasteiger partial charge in [-0.2, -0.15) is 0 Å². The third-order valence-corrected chi connectivity index (χ3v) is 9.38. The summed E-state index contributed by atoms with van der Waals surface area (Å²) in [5, 5.41) is 8.20. The van der Waals surface area contributed by atoms with Crippen LogP contribution in [0.2, 0.25) is 0 Å². The van der Waals surface area contributed by atoms with Crippen molar-refractivity contribution in [3.05, 3.63) is 162 Å². The van der Waals surface area contributed by atoms with Gasteiger partial charge in [0.25, 0.3) is 5.91 Å². The Kier molecular flexibility index (Phi) is 6.60. The average Bonchev–Trinajstić information content (AvgIpc) is 3.65. The van der Waals surface area contributed by atoms with Crippen molar-refractivity contribution < 1.29 is 22.8 Å². The van der Waals surface area contributed by atoms with Crippen LogP contribution in [-0.4, -0.2) is 21.3 Å². The van der Waals surface area contributed by atoms with Gasteiger partial charge in [0.15, 0.2) is 17.9 Å². The zero-order valence-electron chi connectivity index (χ0n) is 26.1. The summed E-state index contributed by atoms with van der Waals surface area (Å²) in [6, 6.07) is 40.4. The molecule has 0 aliphatic rings. The Morgan fingerprint density at radius 3 is 2.04 bits per heavy atom. The predicted octanol–water partition coefficient (Wildman–Crippen LogP) is 10.5. The fourth-order valence-electron chi connectivity index (χ4n) is 7.28. The number of nitrogens with zero attached hydrogens (tertiary/aromatic N) is 2. The molecule has 0 radical (unpaired) electrons. The SMILES string of the molecule is O=Cc1cccc(-n2c3ccccc3c3ccc4c(c5ccccc5n4-c4ccc5ccccc5c4)c32)c1C(=O)Nc1c(F)cc(F)cc1F. The molecule has 0 atom stereocenters. The van der Waals surface area contributed by atoms with Gasteiger partial charge in [0, 0.05) is 44.9 Å². The lowest BCUT2D eigenvalue weighted by Crippen LogP contribution is -2.19. The van der Waals surface area contributed by atoms with Crippen molar-refractivity contribution in [1.29, 1.82) is 0 Å². The molecule has 1 N–H and O–H groups in total. The van der Waals surface area contributed by atoms with Crippen molar-refractivity contribution in [2.75, 3.05) is 5.32 Å². The molecule has 0 saturated carbocycles. The largest absolute Gasteiger partial charge is 0.317 e. The number of hydrogen-bond acceptors (Lipinski definition) is 2. The first kappa shape index (κ1) is 29.5. The van der Waals surface area contributed by atoms with Gasteiger partial charge in [-0.1, -0.05) is 84.9 Å². The maximum absolute atomic E-state index is 14.7. The van der Waals surface area contributed by atoms with Crippen molar-refractivity contribution in [1.82, 2.24) is 9.13 Å². The number of fused-ring (bicyclic) bond motifs is 8. The number of rotatable bonds is 5. The molecule has 50 heavy (non-hydrogen) atoms. The summed E-state index contributed by atoms with van der Waals surface area (Å²) in [5.41, 5.74) is 3.85. The van der Waals surface area contributed by atoms with E-state index in [2.05, 4.69) is 64.5 Å². The van der Waals surface area contributed by atoms with Gasteiger partial charge in [0.05, 0.1) is 33.3 Å². The van der Waals surface area contributed by atoms with E-state index >= 15 is 0 Å². The topological polar surface area (TPSA) is 56.0 Å². The number of benzene rings is 7. The molecule has 0 aliphatic heterocycles. The molecule has 0 aliphatic carbocycles. The molecule has 7 aromatic carbocycles. The summed E-state index contributed by atoms with van der Waals surface area (Å²) in [4.78, 5) is 26.5. The van der Waals surface area contributed by atoms with E-state index in [1.807, 2.05) is 53.1 Å². The fraction of sp³-hybridized carbons (Fsp3) is 0. The molecule has 2 heterocycles. The zero-order valence-corrected chi connectivity index (χ0v) is 26.1. The van der Waals surface area contributed by atoms with Crippen molar-refractivity contribution in [3.8, 4) is 11.4 Å². The highest BCUT2D eigenvalue weighted by Crippen LogP contribution is 2.43. The summed E-state index contributed by atoms with van der Waals surface area (Å²) >= 11 is 0. The smallest absolute Gasteiger partial charge is 0.258 e. The number of nitrogens with one attached hydrogen (secondary N) is 1. The van der Waals surface area contributed by atoms with Gasteiger partial charge >= 0.3 is 0 Å². The Hall–Kier alpha value is -6.67. The molecule has 0 bridgehead atoms. The van der Waals surface area contributed by atoms with E-state index in [1.165, 1.54) is 6.07 Å². The van der Waals surface area contributed by atoms with E-state index in [0.29, 0.717) is 24.1 Å². The maximum atomic E-state index is 14.7. The number of aldehydes is 1. The van der Waals surface area contributed by atoms with Crippen LogP contribution < -0.4 is 5.32 Å². The van der Waals surface area contributed by atoms with E-state index in [4.69, 9.17) is 0 Å². The molecule has 2 aromatic heterocycles. The zero-order chi connectivity index (χ0) is 34.1. The van der Waals surface area contributed by atoms with Gasteiger partial charge in [0.2, 0.25) is 0 Å². The lowest BCUT2D eigenvalue weighted by Gasteiger charge is -2.16. The van der Waals surface area contributed by atoms with Gasteiger partial charge in [-0.3, -0.25) is 9.59 Å². The van der Waals surface area contributed by atoms with Crippen LogP contribution in [0.25, 0.3) is 65.8 Å². The van der Waals surface area contributed by atoms with Gasteiger partial charge < -0.3 is 14.5 Å². The van der Waals surface area contributed by atoms with E-state index < -0.39 is 29.0 Å². The van der Waals surface area contributed by atoms with Crippen LogP contribution in [-0.2, 0) is 0 Å². The predicted molar refractivity (Wildman–Crippen MR) is 192 cm³/mol. The highest BCUT2D eigenvalue weighted by atomic mass is 19.1. The van der Waals surface area contributed by atoms with E-state index in [1.54, 1.807) is 12.1 Å². The van der Waals surface area contributed by atoms with Gasteiger partial charge in [-0.15, -0.1) is 0 Å². The molecule has 0 saturated heterocycles. The maximum Gasteiger partial charge on any atom is 0.258 e. The number of amides is 1. The van der Waals surface area contributed by atoms with Crippen LogP contribution in [0.1, 0.15) is 20.7 Å². The second kappa shape index (κ2) is 11.2. The molecule has 1 amide bonds. The second-order valence-corrected chi connectivity index (χ2v) is 12.2. The van der Waals surface area contributed by atoms with Crippen LogP contribution in [0, 0.1) is 17.5 Å². The molecular weight excluding hydrogens is 635 g/mol. The average molecular weight is 660 g/mol. The molecule has 5 nitrogen and oxygen atoms in total. The van der Waals surface area contributed by atoms with Gasteiger partial charge in [0.1, 0.15) is 11.5 Å². The minimum Gasteiger partial charge on any atom is -0.317 e. The Morgan fingerprint density at radius 1 is 0.600 bits per heavy atom. The van der Waals surface area contributed by atoms with Crippen LogP contribution in [0.3, 0.4) is 0 Å². The number of aromatic nitrogens is 2. The van der Waals surface area contributed by atoms with Crippen molar-refractivity contribution in [2.24, 2.45) is 0 Å². The molecular formula is C42H24F3N3O2. The minimum absolute atomic E-state index is 0.0135. The first-order valence-electron chi connectivity index (χ1n) is 15.9. The lowest BCUT2D eigenvalue weighted by molar-refractivity contribution is 0.101. The second-order valence-electron chi connectivity index (χ2n) is 12.2.